The van der Waals surface area contributed by atoms with Gasteiger partial charge in [0, 0.05) is 12.8 Å². The molecule has 0 bridgehead atoms. The lowest BCUT2D eigenvalue weighted by Gasteiger charge is -2.15. The van der Waals surface area contributed by atoms with E-state index in [0.717, 1.165) is 38.0 Å². The average Bonchev–Trinajstić information content (AvgIpc) is 3.16. The third-order valence-electron chi connectivity index (χ3n) is 11.4. The number of esters is 2. The van der Waals surface area contributed by atoms with E-state index in [9.17, 15) is 14.7 Å². The van der Waals surface area contributed by atoms with Gasteiger partial charge in [0.05, 0.1) is 6.61 Å². The summed E-state index contributed by atoms with van der Waals surface area (Å²) in [4.78, 5) is 24.4. The molecule has 1 N–H and O–H groups in total. The molecule has 0 fully saturated rings. The van der Waals surface area contributed by atoms with Crippen LogP contribution in [0.15, 0.2) is 0 Å². The molecule has 0 saturated carbocycles. The maximum Gasteiger partial charge on any atom is 0.306 e. The van der Waals surface area contributed by atoms with E-state index in [1.54, 1.807) is 0 Å². The number of hydrogen-bond acceptors (Lipinski definition) is 5. The Labute approximate surface area is 331 Å². The molecule has 0 amide bonds. The predicted octanol–water partition coefficient (Wildman–Crippen LogP) is 15.3. The molecule has 0 aliphatic carbocycles. The minimum Gasteiger partial charge on any atom is -0.462 e. The van der Waals surface area contributed by atoms with Gasteiger partial charge < -0.3 is 14.6 Å². The van der Waals surface area contributed by atoms with Crippen molar-refractivity contribution >= 4 is 11.9 Å². The summed E-state index contributed by atoms with van der Waals surface area (Å²) in [5.74, 6) is 0.346. The van der Waals surface area contributed by atoms with Crippen molar-refractivity contribution in [3.63, 3.8) is 0 Å². The Kier molecular flexibility index (Phi) is 42.7. The van der Waals surface area contributed by atoms with Crippen molar-refractivity contribution in [2.75, 3.05) is 13.2 Å². The Bertz CT molecular complexity index is 739. The zero-order valence-electron chi connectivity index (χ0n) is 36.2. The monoisotopic (exact) mass is 751 g/mol. The summed E-state index contributed by atoms with van der Waals surface area (Å²) in [6.07, 6.45) is 48.9. The lowest BCUT2D eigenvalue weighted by Crippen LogP contribution is -2.28. The average molecular weight is 751 g/mol. The van der Waals surface area contributed by atoms with E-state index in [-0.39, 0.29) is 25.2 Å². The van der Waals surface area contributed by atoms with Crippen LogP contribution in [0.25, 0.3) is 0 Å². The maximum atomic E-state index is 12.2. The molecular formula is C48H94O5. The van der Waals surface area contributed by atoms with Gasteiger partial charge >= 0.3 is 11.9 Å². The van der Waals surface area contributed by atoms with E-state index >= 15 is 0 Å². The van der Waals surface area contributed by atoms with Crippen LogP contribution in [0, 0.1) is 5.92 Å². The first-order chi connectivity index (χ1) is 26.0. The third kappa shape index (κ3) is 41.9. The summed E-state index contributed by atoms with van der Waals surface area (Å²) in [7, 11) is 0. The molecule has 0 aromatic heterocycles. The van der Waals surface area contributed by atoms with Gasteiger partial charge in [0.1, 0.15) is 6.61 Å². The molecule has 0 aromatic carbocycles. The highest BCUT2D eigenvalue weighted by Crippen LogP contribution is 2.18. The second kappa shape index (κ2) is 43.6. The summed E-state index contributed by atoms with van der Waals surface area (Å²) >= 11 is 0. The zero-order valence-corrected chi connectivity index (χ0v) is 36.2. The van der Waals surface area contributed by atoms with E-state index in [0.29, 0.717) is 12.8 Å². The Morgan fingerprint density at radius 3 is 1.06 bits per heavy atom. The summed E-state index contributed by atoms with van der Waals surface area (Å²) in [5, 5.41) is 9.60. The number of unbranched alkanes of at least 4 members (excludes halogenated alkanes) is 33. The first-order valence-electron chi connectivity index (χ1n) is 24.0. The lowest BCUT2D eigenvalue weighted by atomic mass is 9.99. The molecule has 0 spiro atoms. The van der Waals surface area contributed by atoms with E-state index in [1.807, 2.05) is 0 Å². The van der Waals surface area contributed by atoms with Crippen molar-refractivity contribution < 1.29 is 24.2 Å². The Morgan fingerprint density at radius 1 is 0.434 bits per heavy atom. The number of hydrogen-bond donors (Lipinski definition) is 1. The quantitative estimate of drug-likeness (QED) is 0.0496. The number of carbonyl (C=O) groups is 2. The molecule has 0 rings (SSSR count). The number of aliphatic hydroxyl groups excluding tert-OH is 1. The van der Waals surface area contributed by atoms with Crippen LogP contribution in [0.1, 0.15) is 271 Å². The van der Waals surface area contributed by atoms with Gasteiger partial charge in [-0.15, -0.1) is 0 Å². The maximum absolute atomic E-state index is 12.2. The largest absolute Gasteiger partial charge is 0.462 e. The second-order valence-corrected chi connectivity index (χ2v) is 16.8. The molecule has 5 nitrogen and oxygen atoms in total. The van der Waals surface area contributed by atoms with E-state index < -0.39 is 6.10 Å². The fraction of sp³-hybridized carbons (Fsp3) is 0.958. The normalized spacial score (nSPS) is 12.6. The summed E-state index contributed by atoms with van der Waals surface area (Å²) in [6.45, 7) is 6.59. The SMILES string of the molecule is CCCCCCCCCCCCCCCCCCCC(=O)O[C@@H](CO)COC(=O)CCCCCCCCCCCCCCCCCCCCC(C)CC. The van der Waals surface area contributed by atoms with Crippen LogP contribution < -0.4 is 0 Å². The molecule has 0 aliphatic heterocycles. The van der Waals surface area contributed by atoms with Crippen LogP contribution in [0.2, 0.25) is 0 Å². The molecule has 0 saturated heterocycles. The summed E-state index contributed by atoms with van der Waals surface area (Å²) in [6, 6.07) is 0. The molecule has 0 aliphatic rings. The number of ether oxygens (including phenoxy) is 2. The van der Waals surface area contributed by atoms with Gasteiger partial charge in [-0.2, -0.15) is 0 Å². The fourth-order valence-corrected chi connectivity index (χ4v) is 7.42. The molecule has 2 atom stereocenters. The Morgan fingerprint density at radius 2 is 0.736 bits per heavy atom. The van der Waals surface area contributed by atoms with E-state index in [1.165, 1.54) is 205 Å². The van der Waals surface area contributed by atoms with E-state index in [2.05, 4.69) is 20.8 Å². The molecule has 53 heavy (non-hydrogen) atoms. The van der Waals surface area contributed by atoms with Crippen LogP contribution in [-0.4, -0.2) is 36.4 Å². The topological polar surface area (TPSA) is 72.8 Å². The van der Waals surface area contributed by atoms with Crippen LogP contribution >= 0.6 is 0 Å². The number of rotatable bonds is 44. The highest BCUT2D eigenvalue weighted by molar-refractivity contribution is 5.70. The predicted molar refractivity (Wildman–Crippen MR) is 228 cm³/mol. The van der Waals surface area contributed by atoms with Crippen molar-refractivity contribution in [1.29, 1.82) is 0 Å². The molecular weight excluding hydrogens is 657 g/mol. The van der Waals surface area contributed by atoms with Crippen LogP contribution in [0.5, 0.6) is 0 Å². The summed E-state index contributed by atoms with van der Waals surface area (Å²) in [5.41, 5.74) is 0. The van der Waals surface area contributed by atoms with Crippen molar-refractivity contribution in [2.24, 2.45) is 5.92 Å². The van der Waals surface area contributed by atoms with Crippen LogP contribution in [0.3, 0.4) is 0 Å². The minimum atomic E-state index is -0.763. The van der Waals surface area contributed by atoms with Gasteiger partial charge in [-0.1, -0.05) is 245 Å². The molecule has 0 radical (unpaired) electrons. The van der Waals surface area contributed by atoms with Crippen molar-refractivity contribution in [1.82, 2.24) is 0 Å². The van der Waals surface area contributed by atoms with Gasteiger partial charge in [-0.3, -0.25) is 9.59 Å². The fourth-order valence-electron chi connectivity index (χ4n) is 7.42. The first kappa shape index (κ1) is 51.9. The third-order valence-corrected chi connectivity index (χ3v) is 11.4. The molecule has 0 heterocycles. The molecule has 1 unspecified atom stereocenters. The molecule has 5 heteroatoms. The lowest BCUT2D eigenvalue weighted by molar-refractivity contribution is -0.161. The van der Waals surface area contributed by atoms with E-state index in [4.69, 9.17) is 9.47 Å². The highest BCUT2D eigenvalue weighted by Gasteiger charge is 2.16. The number of aliphatic hydroxyl groups is 1. The van der Waals surface area contributed by atoms with Gasteiger partial charge in [-0.25, -0.2) is 0 Å². The molecule has 316 valence electrons. The second-order valence-electron chi connectivity index (χ2n) is 16.8. The van der Waals surface area contributed by atoms with Crippen LogP contribution in [-0.2, 0) is 19.1 Å². The standard InChI is InChI=1S/C48H94O5/c1-4-6-7-8-9-10-11-12-13-16-21-24-27-30-33-36-39-42-48(51)53-46(43-49)44-52-47(50)41-38-35-32-29-26-23-20-18-15-14-17-19-22-25-28-31-34-37-40-45(3)5-2/h45-46,49H,4-44H2,1-3H3/t45?,46-/m0/s1. The zero-order chi connectivity index (χ0) is 38.7. The van der Waals surface area contributed by atoms with Crippen LogP contribution in [0.4, 0.5) is 0 Å². The van der Waals surface area contributed by atoms with Gasteiger partial charge in [-0.05, 0) is 18.8 Å². The first-order valence-corrected chi connectivity index (χ1v) is 24.0. The Balaban J connectivity index is 3.44. The Hall–Kier alpha value is -1.10. The van der Waals surface area contributed by atoms with Crippen molar-refractivity contribution in [3.8, 4) is 0 Å². The highest BCUT2D eigenvalue weighted by atomic mass is 16.6. The number of carbonyl (C=O) groups excluding carboxylic acids is 2. The van der Waals surface area contributed by atoms with Gasteiger partial charge in [0.25, 0.3) is 0 Å². The summed E-state index contributed by atoms with van der Waals surface area (Å²) < 4.78 is 10.7. The van der Waals surface area contributed by atoms with Crippen molar-refractivity contribution in [3.05, 3.63) is 0 Å². The van der Waals surface area contributed by atoms with Crippen molar-refractivity contribution in [2.45, 2.75) is 277 Å². The molecule has 0 aromatic rings. The smallest absolute Gasteiger partial charge is 0.306 e. The van der Waals surface area contributed by atoms with Gasteiger partial charge in [0.15, 0.2) is 6.10 Å². The minimum absolute atomic E-state index is 0.0567. The van der Waals surface area contributed by atoms with Gasteiger partial charge in [0.2, 0.25) is 0 Å².